The van der Waals surface area contributed by atoms with Crippen LogP contribution in [0.25, 0.3) is 11.0 Å². The molecule has 1 atom stereocenters. The van der Waals surface area contributed by atoms with Crippen LogP contribution in [0.4, 0.5) is 0 Å². The molecule has 1 aliphatic rings. The highest BCUT2D eigenvalue weighted by Crippen LogP contribution is 2.44. The highest BCUT2D eigenvalue weighted by Gasteiger charge is 2.35. The van der Waals surface area contributed by atoms with Gasteiger partial charge in [-0.05, 0) is 36.8 Å². The number of hydrogen-bond donors (Lipinski definition) is 2. The lowest BCUT2D eigenvalue weighted by Crippen LogP contribution is -2.26. The normalized spacial score (nSPS) is 15.6. The molecule has 0 amide bonds. The number of hydrogen-bond acceptors (Lipinski definition) is 7. The number of fused-ring (bicyclic) bond motifs is 3. The predicted octanol–water partition coefficient (Wildman–Crippen LogP) is 3.12. The van der Waals surface area contributed by atoms with Gasteiger partial charge in [0.15, 0.2) is 17.2 Å². The van der Waals surface area contributed by atoms with Crippen molar-refractivity contribution in [1.29, 1.82) is 5.26 Å². The molecular weight excluding hydrogens is 360 g/mol. The van der Waals surface area contributed by atoms with Gasteiger partial charge in [0, 0.05) is 0 Å². The molecule has 0 saturated heterocycles. The monoisotopic (exact) mass is 376 g/mol. The third-order valence-electron chi connectivity index (χ3n) is 4.59. The molecule has 0 spiro atoms. The van der Waals surface area contributed by atoms with Crippen LogP contribution in [0.1, 0.15) is 24.0 Å². The van der Waals surface area contributed by atoms with E-state index in [4.69, 9.17) is 19.6 Å². The summed E-state index contributed by atoms with van der Waals surface area (Å²) < 4.78 is 16.6. The highest BCUT2D eigenvalue weighted by atomic mass is 16.5. The third-order valence-corrected chi connectivity index (χ3v) is 4.59. The second kappa shape index (κ2) is 6.67. The number of para-hydroxylation sites is 1. The number of benzene rings is 2. The molecule has 7 nitrogen and oxygen atoms in total. The Labute approximate surface area is 159 Å². The molecule has 0 fully saturated rings. The summed E-state index contributed by atoms with van der Waals surface area (Å²) in [6, 6.07) is 13.6. The fraction of sp³-hybridized carbons (Fsp3) is 0.143. The van der Waals surface area contributed by atoms with Crippen LogP contribution in [0.3, 0.4) is 0 Å². The number of phenols is 1. The minimum absolute atomic E-state index is 0.0427. The summed E-state index contributed by atoms with van der Waals surface area (Å²) in [4.78, 5) is 12.8. The van der Waals surface area contributed by atoms with Crippen LogP contribution in [0.15, 0.2) is 63.1 Å². The molecule has 0 radical (unpaired) electrons. The van der Waals surface area contributed by atoms with Crippen molar-refractivity contribution in [1.82, 2.24) is 0 Å². The minimum Gasteiger partial charge on any atom is -0.504 e. The summed E-state index contributed by atoms with van der Waals surface area (Å²) in [5.74, 6) is -0.427. The number of rotatable bonds is 3. The SMILES string of the molecule is CCOc1cc([C@@H]2C(C#N)=C(N)Oc3c2c(=O)oc2ccccc32)ccc1O. The van der Waals surface area contributed by atoms with E-state index >= 15 is 0 Å². The average molecular weight is 376 g/mol. The number of nitriles is 1. The largest absolute Gasteiger partial charge is 0.504 e. The molecule has 3 aromatic rings. The van der Waals surface area contributed by atoms with Gasteiger partial charge in [0.2, 0.25) is 5.88 Å². The molecule has 0 unspecified atom stereocenters. The van der Waals surface area contributed by atoms with Gasteiger partial charge in [-0.1, -0.05) is 18.2 Å². The number of phenolic OH excluding ortho intramolecular Hbond substituents is 1. The second-order valence-electron chi connectivity index (χ2n) is 6.21. The van der Waals surface area contributed by atoms with Crippen LogP contribution < -0.4 is 20.8 Å². The lowest BCUT2D eigenvalue weighted by atomic mass is 9.83. The first-order chi connectivity index (χ1) is 13.5. The van der Waals surface area contributed by atoms with E-state index in [9.17, 15) is 15.2 Å². The lowest BCUT2D eigenvalue weighted by Gasteiger charge is -2.26. The Morgan fingerprint density at radius 2 is 2.07 bits per heavy atom. The minimum atomic E-state index is -0.811. The van der Waals surface area contributed by atoms with Crippen LogP contribution in [0.5, 0.6) is 17.2 Å². The van der Waals surface area contributed by atoms with Gasteiger partial charge in [-0.3, -0.25) is 0 Å². The van der Waals surface area contributed by atoms with E-state index < -0.39 is 11.5 Å². The van der Waals surface area contributed by atoms with Crippen molar-refractivity contribution in [3.63, 3.8) is 0 Å². The molecule has 0 aliphatic carbocycles. The molecule has 1 aliphatic heterocycles. The maximum atomic E-state index is 12.8. The molecule has 0 bridgehead atoms. The summed E-state index contributed by atoms with van der Waals surface area (Å²) in [5.41, 5.74) is 6.57. The highest BCUT2D eigenvalue weighted by molar-refractivity contribution is 5.86. The number of ether oxygens (including phenoxy) is 2. The zero-order valence-electron chi connectivity index (χ0n) is 14.9. The van der Waals surface area contributed by atoms with Crippen molar-refractivity contribution in [2.75, 3.05) is 6.61 Å². The number of aromatic hydroxyl groups is 1. The van der Waals surface area contributed by atoms with Crippen LogP contribution in [0.2, 0.25) is 0 Å². The zero-order chi connectivity index (χ0) is 19.8. The van der Waals surface area contributed by atoms with Gasteiger partial charge in [0.1, 0.15) is 17.2 Å². The van der Waals surface area contributed by atoms with Crippen molar-refractivity contribution < 1.29 is 19.0 Å². The summed E-state index contributed by atoms with van der Waals surface area (Å²) in [6.07, 6.45) is 0. The van der Waals surface area contributed by atoms with Crippen molar-refractivity contribution >= 4 is 11.0 Å². The van der Waals surface area contributed by atoms with Gasteiger partial charge in [-0.15, -0.1) is 0 Å². The molecule has 2 heterocycles. The van der Waals surface area contributed by atoms with Crippen molar-refractivity contribution in [2.45, 2.75) is 12.8 Å². The summed E-state index contributed by atoms with van der Waals surface area (Å²) in [7, 11) is 0. The Balaban J connectivity index is 2.03. The second-order valence-corrected chi connectivity index (χ2v) is 6.21. The van der Waals surface area contributed by atoms with Gasteiger partial charge in [-0.25, -0.2) is 4.79 Å². The molecule has 140 valence electrons. The van der Waals surface area contributed by atoms with Gasteiger partial charge < -0.3 is 24.7 Å². The molecule has 3 N–H and O–H groups in total. The van der Waals surface area contributed by atoms with Gasteiger partial charge in [-0.2, -0.15) is 5.26 Å². The Morgan fingerprint density at radius 3 is 2.82 bits per heavy atom. The fourth-order valence-corrected chi connectivity index (χ4v) is 3.38. The third kappa shape index (κ3) is 2.63. The van der Waals surface area contributed by atoms with E-state index in [1.807, 2.05) is 6.07 Å². The first kappa shape index (κ1) is 17.5. The number of nitrogens with zero attached hydrogens (tertiary/aromatic N) is 1. The molecule has 0 saturated carbocycles. The number of nitrogens with two attached hydrogens (primary N) is 1. The van der Waals surface area contributed by atoms with E-state index in [1.54, 1.807) is 43.3 Å². The predicted molar refractivity (Wildman–Crippen MR) is 101 cm³/mol. The van der Waals surface area contributed by atoms with Gasteiger partial charge in [0.05, 0.1) is 23.5 Å². The van der Waals surface area contributed by atoms with Crippen LogP contribution in [-0.4, -0.2) is 11.7 Å². The van der Waals surface area contributed by atoms with Crippen molar-refractivity contribution in [3.8, 4) is 23.3 Å². The maximum Gasteiger partial charge on any atom is 0.344 e. The molecule has 7 heteroatoms. The molecule has 1 aromatic heterocycles. The Hall–Kier alpha value is -3.92. The maximum absolute atomic E-state index is 12.8. The Bertz CT molecular complexity index is 1220. The van der Waals surface area contributed by atoms with Gasteiger partial charge >= 0.3 is 5.63 Å². The van der Waals surface area contributed by atoms with Crippen molar-refractivity contribution in [3.05, 3.63) is 75.5 Å². The van der Waals surface area contributed by atoms with Gasteiger partial charge in [0.25, 0.3) is 0 Å². The van der Waals surface area contributed by atoms with Crippen LogP contribution in [0, 0.1) is 11.3 Å². The van der Waals surface area contributed by atoms with Crippen LogP contribution >= 0.6 is 0 Å². The lowest BCUT2D eigenvalue weighted by molar-refractivity contribution is 0.317. The van der Waals surface area contributed by atoms with E-state index in [1.165, 1.54) is 6.07 Å². The van der Waals surface area contributed by atoms with E-state index in [0.29, 0.717) is 23.1 Å². The summed E-state index contributed by atoms with van der Waals surface area (Å²) >= 11 is 0. The van der Waals surface area contributed by atoms with Crippen LogP contribution in [-0.2, 0) is 0 Å². The molecule has 28 heavy (non-hydrogen) atoms. The topological polar surface area (TPSA) is 119 Å². The Morgan fingerprint density at radius 1 is 1.29 bits per heavy atom. The van der Waals surface area contributed by atoms with E-state index in [2.05, 4.69) is 0 Å². The van der Waals surface area contributed by atoms with E-state index in [-0.39, 0.29) is 34.3 Å². The summed E-state index contributed by atoms with van der Waals surface area (Å²) in [5, 5.41) is 20.2. The summed E-state index contributed by atoms with van der Waals surface area (Å²) in [6.45, 7) is 2.13. The average Bonchev–Trinajstić information content (AvgIpc) is 2.69. The van der Waals surface area contributed by atoms with Crippen molar-refractivity contribution in [2.24, 2.45) is 5.73 Å². The smallest absolute Gasteiger partial charge is 0.344 e. The Kier molecular flexibility index (Phi) is 4.17. The number of allylic oxidation sites excluding steroid dienone is 1. The molecule has 4 rings (SSSR count). The first-order valence-electron chi connectivity index (χ1n) is 8.64. The fourth-order valence-electron chi connectivity index (χ4n) is 3.38. The first-order valence-corrected chi connectivity index (χ1v) is 8.64. The zero-order valence-corrected chi connectivity index (χ0v) is 14.9. The standard InChI is InChI=1S/C21H16N2O5/c1-2-26-16-9-11(7-8-14(16)24)17-13(10-22)20(23)28-19-12-5-3-4-6-15(12)27-21(25)18(17)19/h3-9,17,24H,2,23H2,1H3/t17-/m1/s1. The molecule has 2 aromatic carbocycles. The van der Waals surface area contributed by atoms with E-state index in [0.717, 1.165) is 0 Å². The molecular formula is C21H16N2O5. The quantitative estimate of drug-likeness (QED) is 0.674.